The van der Waals surface area contributed by atoms with Crippen molar-refractivity contribution >= 4 is 0 Å². The highest BCUT2D eigenvalue weighted by atomic mass is 15.2. The molecule has 0 unspecified atom stereocenters. The molecule has 0 fully saturated rings. The standard InChI is InChI=1S/C14H25N3/c1-4-10-15-11-5-6-13(2)7-8-14-9-12-16-17(14)3/h6,9,12,15H,4-5,7-8,10-11H2,1-3H3/b13-6-. The van der Waals surface area contributed by atoms with Crippen molar-refractivity contribution in [2.24, 2.45) is 7.05 Å². The zero-order valence-electron chi connectivity index (χ0n) is 11.4. The van der Waals surface area contributed by atoms with E-state index in [1.165, 1.54) is 17.7 Å². The predicted octanol–water partition coefficient (Wildman–Crippen LogP) is 2.69. The van der Waals surface area contributed by atoms with Gasteiger partial charge < -0.3 is 5.32 Å². The Hall–Kier alpha value is -1.09. The Labute approximate surface area is 105 Å². The van der Waals surface area contributed by atoms with Crippen molar-refractivity contribution in [3.05, 3.63) is 29.6 Å². The highest BCUT2D eigenvalue weighted by Gasteiger charge is 1.98. The molecule has 0 aliphatic heterocycles. The SMILES string of the molecule is CCCNCC/C=C(/C)CCc1ccnn1C. The van der Waals surface area contributed by atoms with Gasteiger partial charge in [-0.15, -0.1) is 0 Å². The van der Waals surface area contributed by atoms with Gasteiger partial charge in [-0.05, 0) is 51.8 Å². The molecule has 3 nitrogen and oxygen atoms in total. The third-order valence-corrected chi connectivity index (χ3v) is 2.94. The first-order valence-electron chi connectivity index (χ1n) is 6.57. The highest BCUT2D eigenvalue weighted by molar-refractivity contribution is 5.06. The Morgan fingerprint density at radius 3 is 2.94 bits per heavy atom. The van der Waals surface area contributed by atoms with Crippen molar-refractivity contribution in [2.45, 2.75) is 39.5 Å². The summed E-state index contributed by atoms with van der Waals surface area (Å²) in [6.45, 7) is 6.64. The van der Waals surface area contributed by atoms with Crippen molar-refractivity contribution < 1.29 is 0 Å². The third kappa shape index (κ3) is 5.68. The zero-order valence-corrected chi connectivity index (χ0v) is 11.4. The molecule has 0 aliphatic rings. The van der Waals surface area contributed by atoms with Gasteiger partial charge in [0.15, 0.2) is 0 Å². The fourth-order valence-corrected chi connectivity index (χ4v) is 1.80. The van der Waals surface area contributed by atoms with Crippen LogP contribution in [0.1, 0.15) is 38.8 Å². The molecule has 3 heteroatoms. The Bertz CT molecular complexity index is 339. The number of allylic oxidation sites excluding steroid dienone is 1. The first kappa shape index (κ1) is 14.0. The first-order chi connectivity index (χ1) is 8.24. The largest absolute Gasteiger partial charge is 0.316 e. The van der Waals surface area contributed by atoms with Gasteiger partial charge in [0.2, 0.25) is 0 Å². The molecule has 0 saturated carbocycles. The maximum Gasteiger partial charge on any atom is 0.0492 e. The zero-order chi connectivity index (χ0) is 12.5. The van der Waals surface area contributed by atoms with Crippen LogP contribution in [0.4, 0.5) is 0 Å². The Morgan fingerprint density at radius 1 is 1.47 bits per heavy atom. The van der Waals surface area contributed by atoms with Crippen molar-refractivity contribution in [2.75, 3.05) is 13.1 Å². The van der Waals surface area contributed by atoms with Crippen LogP contribution >= 0.6 is 0 Å². The lowest BCUT2D eigenvalue weighted by Crippen LogP contribution is -2.15. The molecule has 1 aromatic heterocycles. The lowest BCUT2D eigenvalue weighted by atomic mass is 10.1. The predicted molar refractivity (Wildman–Crippen MR) is 73.1 cm³/mol. The van der Waals surface area contributed by atoms with Gasteiger partial charge in [0.1, 0.15) is 0 Å². The van der Waals surface area contributed by atoms with Crippen LogP contribution in [0.5, 0.6) is 0 Å². The summed E-state index contributed by atoms with van der Waals surface area (Å²) in [5.74, 6) is 0. The van der Waals surface area contributed by atoms with Gasteiger partial charge in [0, 0.05) is 18.9 Å². The summed E-state index contributed by atoms with van der Waals surface area (Å²) in [6, 6.07) is 2.09. The topological polar surface area (TPSA) is 29.9 Å². The smallest absolute Gasteiger partial charge is 0.0492 e. The number of nitrogens with zero attached hydrogens (tertiary/aromatic N) is 2. The lowest BCUT2D eigenvalue weighted by Gasteiger charge is -2.03. The van der Waals surface area contributed by atoms with E-state index in [-0.39, 0.29) is 0 Å². The summed E-state index contributed by atoms with van der Waals surface area (Å²) in [6.07, 6.45) is 8.77. The molecule has 0 aromatic carbocycles. The van der Waals surface area contributed by atoms with Crippen LogP contribution in [0.3, 0.4) is 0 Å². The van der Waals surface area contributed by atoms with Crippen molar-refractivity contribution in [1.82, 2.24) is 15.1 Å². The summed E-state index contributed by atoms with van der Waals surface area (Å²) < 4.78 is 1.95. The van der Waals surface area contributed by atoms with E-state index in [0.29, 0.717) is 0 Å². The fraction of sp³-hybridized carbons (Fsp3) is 0.643. The third-order valence-electron chi connectivity index (χ3n) is 2.94. The molecule has 96 valence electrons. The second-order valence-electron chi connectivity index (χ2n) is 4.54. The van der Waals surface area contributed by atoms with E-state index in [0.717, 1.165) is 32.4 Å². The number of aryl methyl sites for hydroxylation is 2. The van der Waals surface area contributed by atoms with E-state index in [1.807, 2.05) is 17.9 Å². The van der Waals surface area contributed by atoms with Gasteiger partial charge in [0.25, 0.3) is 0 Å². The normalized spacial score (nSPS) is 12.1. The van der Waals surface area contributed by atoms with Gasteiger partial charge in [-0.25, -0.2) is 0 Å². The molecule has 1 N–H and O–H groups in total. The van der Waals surface area contributed by atoms with Gasteiger partial charge in [-0.2, -0.15) is 5.10 Å². The minimum atomic E-state index is 1.08. The van der Waals surface area contributed by atoms with E-state index < -0.39 is 0 Å². The molecule has 0 aliphatic carbocycles. The van der Waals surface area contributed by atoms with Gasteiger partial charge >= 0.3 is 0 Å². The molecule has 1 aromatic rings. The number of hydrogen-bond acceptors (Lipinski definition) is 2. The molecular weight excluding hydrogens is 210 g/mol. The van der Waals surface area contributed by atoms with E-state index in [4.69, 9.17) is 0 Å². The van der Waals surface area contributed by atoms with Crippen LogP contribution in [-0.2, 0) is 13.5 Å². The maximum atomic E-state index is 4.18. The van der Waals surface area contributed by atoms with Crippen molar-refractivity contribution in [3.8, 4) is 0 Å². The van der Waals surface area contributed by atoms with E-state index in [2.05, 4.69) is 36.4 Å². The van der Waals surface area contributed by atoms with Crippen molar-refractivity contribution in [1.29, 1.82) is 0 Å². The van der Waals surface area contributed by atoms with E-state index in [1.54, 1.807) is 0 Å². The monoisotopic (exact) mass is 235 g/mol. The van der Waals surface area contributed by atoms with E-state index in [9.17, 15) is 0 Å². The second-order valence-corrected chi connectivity index (χ2v) is 4.54. The van der Waals surface area contributed by atoms with Crippen LogP contribution in [-0.4, -0.2) is 22.9 Å². The summed E-state index contributed by atoms with van der Waals surface area (Å²) in [4.78, 5) is 0. The van der Waals surface area contributed by atoms with Crippen LogP contribution < -0.4 is 5.32 Å². The van der Waals surface area contributed by atoms with Gasteiger partial charge in [-0.3, -0.25) is 4.68 Å². The molecule has 17 heavy (non-hydrogen) atoms. The molecule has 1 heterocycles. The Balaban J connectivity index is 2.18. The lowest BCUT2D eigenvalue weighted by molar-refractivity contribution is 0.674. The van der Waals surface area contributed by atoms with Crippen LogP contribution in [0.15, 0.2) is 23.9 Å². The highest BCUT2D eigenvalue weighted by Crippen LogP contribution is 2.08. The van der Waals surface area contributed by atoms with Crippen LogP contribution in [0, 0.1) is 0 Å². The first-order valence-corrected chi connectivity index (χ1v) is 6.57. The van der Waals surface area contributed by atoms with Crippen LogP contribution in [0.25, 0.3) is 0 Å². The van der Waals surface area contributed by atoms with E-state index >= 15 is 0 Å². The number of rotatable bonds is 8. The Kier molecular flexibility index (Phi) is 6.63. The fourth-order valence-electron chi connectivity index (χ4n) is 1.80. The number of aromatic nitrogens is 2. The summed E-state index contributed by atoms with van der Waals surface area (Å²) >= 11 is 0. The maximum absolute atomic E-state index is 4.18. The quantitative estimate of drug-likeness (QED) is 0.554. The minimum Gasteiger partial charge on any atom is -0.316 e. The second kappa shape index (κ2) is 8.07. The molecular formula is C14H25N3. The van der Waals surface area contributed by atoms with Gasteiger partial charge in [-0.1, -0.05) is 18.6 Å². The molecule has 0 spiro atoms. The van der Waals surface area contributed by atoms with Crippen molar-refractivity contribution in [3.63, 3.8) is 0 Å². The average Bonchev–Trinajstić information content (AvgIpc) is 2.72. The van der Waals surface area contributed by atoms with Gasteiger partial charge in [0.05, 0.1) is 0 Å². The average molecular weight is 235 g/mol. The molecule has 0 saturated heterocycles. The molecule has 0 amide bonds. The summed E-state index contributed by atoms with van der Waals surface area (Å²) in [7, 11) is 2.00. The molecule has 1 rings (SSSR count). The number of hydrogen-bond donors (Lipinski definition) is 1. The Morgan fingerprint density at radius 2 is 2.29 bits per heavy atom. The minimum absolute atomic E-state index is 1.08. The number of nitrogens with one attached hydrogen (secondary N) is 1. The molecule has 0 radical (unpaired) electrons. The summed E-state index contributed by atoms with van der Waals surface area (Å²) in [5, 5.41) is 7.59. The summed E-state index contributed by atoms with van der Waals surface area (Å²) in [5.41, 5.74) is 2.78. The molecule has 0 bridgehead atoms. The van der Waals surface area contributed by atoms with Crippen LogP contribution in [0.2, 0.25) is 0 Å². The molecule has 0 atom stereocenters.